The number of hydrogen-bond acceptors (Lipinski definition) is 2. The van der Waals surface area contributed by atoms with E-state index in [-0.39, 0.29) is 0 Å². The van der Waals surface area contributed by atoms with E-state index in [1.54, 1.807) is 0 Å². The molecule has 0 unspecified atom stereocenters. The Morgan fingerprint density at radius 3 is 2.56 bits per heavy atom. The Hall–Kier alpha value is -3.27. The minimum Gasteiger partial charge on any atom is -0.487 e. The van der Waals surface area contributed by atoms with Crippen molar-refractivity contribution in [2.45, 2.75) is 26.9 Å². The highest BCUT2D eigenvalue weighted by Crippen LogP contribution is 2.30. The van der Waals surface area contributed by atoms with Crippen LogP contribution in [0, 0.1) is 6.92 Å². The van der Waals surface area contributed by atoms with Gasteiger partial charge in [0.1, 0.15) is 12.4 Å². The molecule has 0 fully saturated rings. The number of H-pyrrole nitrogens is 2. The van der Waals surface area contributed by atoms with Gasteiger partial charge in [0.15, 0.2) is 0 Å². The summed E-state index contributed by atoms with van der Waals surface area (Å²) in [5.74, 6) is 0.821. The number of nitrogens with zero attached hydrogens (tertiary/aromatic N) is 1. The van der Waals surface area contributed by atoms with E-state index in [9.17, 15) is 0 Å². The van der Waals surface area contributed by atoms with E-state index in [4.69, 9.17) is 4.74 Å². The van der Waals surface area contributed by atoms with Crippen molar-refractivity contribution in [2.75, 3.05) is 0 Å². The summed E-state index contributed by atoms with van der Waals surface area (Å²) in [6.45, 7) is 4.69. The first-order valence-corrected chi connectivity index (χ1v) is 9.24. The minimum absolute atomic E-state index is 0.525. The molecule has 0 spiro atoms. The Morgan fingerprint density at radius 2 is 1.85 bits per heavy atom. The molecule has 0 bridgehead atoms. The summed E-state index contributed by atoms with van der Waals surface area (Å²) in [6, 6.07) is 16.4. The first-order chi connectivity index (χ1) is 13.2. The maximum absolute atomic E-state index is 6.13. The second-order valence-electron chi connectivity index (χ2n) is 6.65. The van der Waals surface area contributed by atoms with E-state index in [1.165, 1.54) is 0 Å². The van der Waals surface area contributed by atoms with Crippen LogP contribution in [0.1, 0.15) is 30.3 Å². The van der Waals surface area contributed by atoms with Crippen molar-refractivity contribution in [1.29, 1.82) is 0 Å². The summed E-state index contributed by atoms with van der Waals surface area (Å²) in [6.07, 6.45) is 7.08. The number of rotatable bonds is 6. The van der Waals surface area contributed by atoms with Gasteiger partial charge in [-0.25, -0.2) is 0 Å². The number of ether oxygens (including phenoxy) is 1. The quantitative estimate of drug-likeness (QED) is 0.588. The summed E-state index contributed by atoms with van der Waals surface area (Å²) in [5, 5.41) is 0. The fraction of sp³-hybridized carbons (Fsp3) is 0.174. The zero-order valence-corrected chi connectivity index (χ0v) is 15.6. The first kappa shape index (κ1) is 17.2. The second-order valence-corrected chi connectivity index (χ2v) is 6.65. The van der Waals surface area contributed by atoms with E-state index in [0.29, 0.717) is 6.61 Å². The molecule has 2 aromatic heterocycles. The number of allylic oxidation sites excluding steroid dienone is 2. The lowest BCUT2D eigenvalue weighted by atomic mass is 10.2. The van der Waals surface area contributed by atoms with Crippen LogP contribution in [0.2, 0.25) is 0 Å². The van der Waals surface area contributed by atoms with Crippen LogP contribution in [0.5, 0.6) is 5.75 Å². The number of nitrogens with one attached hydrogen (secondary N) is 2. The summed E-state index contributed by atoms with van der Waals surface area (Å²) >= 11 is 0. The number of benzene rings is 1. The molecule has 4 rings (SSSR count). The van der Waals surface area contributed by atoms with Crippen LogP contribution >= 0.6 is 0 Å². The summed E-state index contributed by atoms with van der Waals surface area (Å²) in [7, 11) is 0. The third kappa shape index (κ3) is 3.95. The average Bonchev–Trinajstić information content (AvgIpc) is 3.41. The third-order valence-electron chi connectivity index (χ3n) is 4.54. The fourth-order valence-electron chi connectivity index (χ4n) is 3.07. The van der Waals surface area contributed by atoms with E-state index in [0.717, 1.165) is 51.9 Å². The Bertz CT molecular complexity index is 1020. The minimum atomic E-state index is 0.525. The molecule has 0 atom stereocenters. The highest BCUT2D eigenvalue weighted by molar-refractivity contribution is 5.99. The van der Waals surface area contributed by atoms with Crippen molar-refractivity contribution in [3.63, 3.8) is 0 Å². The highest BCUT2D eigenvalue weighted by atomic mass is 16.5. The number of aromatic amines is 2. The first-order valence-electron chi connectivity index (χ1n) is 9.24. The normalized spacial score (nSPS) is 14.7. The molecular formula is C23H23N3O. The Labute approximate surface area is 159 Å². The predicted octanol–water partition coefficient (Wildman–Crippen LogP) is 5.66. The molecule has 2 N–H and O–H groups in total. The molecular weight excluding hydrogens is 334 g/mol. The summed E-state index contributed by atoms with van der Waals surface area (Å²) in [5.41, 5.74) is 7.27. The van der Waals surface area contributed by atoms with Crippen LogP contribution in [0.15, 0.2) is 71.4 Å². The molecule has 3 heterocycles. The molecule has 0 amide bonds. The van der Waals surface area contributed by atoms with Gasteiger partial charge in [-0.05, 0) is 49.3 Å². The molecule has 0 saturated heterocycles. The van der Waals surface area contributed by atoms with Gasteiger partial charge in [0.25, 0.3) is 0 Å². The van der Waals surface area contributed by atoms with E-state index in [1.807, 2.05) is 43.3 Å². The highest BCUT2D eigenvalue weighted by Gasteiger charge is 2.12. The largest absolute Gasteiger partial charge is 0.487 e. The van der Waals surface area contributed by atoms with Gasteiger partial charge in [0, 0.05) is 17.5 Å². The average molecular weight is 357 g/mol. The molecule has 0 aliphatic carbocycles. The van der Waals surface area contributed by atoms with Crippen molar-refractivity contribution in [3.05, 3.63) is 83.3 Å². The van der Waals surface area contributed by atoms with Crippen molar-refractivity contribution in [1.82, 2.24) is 9.97 Å². The third-order valence-corrected chi connectivity index (χ3v) is 4.54. The van der Waals surface area contributed by atoms with E-state index >= 15 is 0 Å². The van der Waals surface area contributed by atoms with Gasteiger partial charge in [-0.3, -0.25) is 4.99 Å². The molecule has 1 aromatic carbocycles. The van der Waals surface area contributed by atoms with Crippen molar-refractivity contribution in [2.24, 2.45) is 4.99 Å². The number of aliphatic imine (C=N–C) groups is 1. The van der Waals surface area contributed by atoms with Crippen molar-refractivity contribution >= 4 is 11.8 Å². The molecule has 0 saturated carbocycles. The molecule has 0 radical (unpaired) electrons. The lowest BCUT2D eigenvalue weighted by molar-refractivity contribution is 0.306. The van der Waals surface area contributed by atoms with Crippen LogP contribution in [0.3, 0.4) is 0 Å². The molecule has 27 heavy (non-hydrogen) atoms. The summed E-state index contributed by atoms with van der Waals surface area (Å²) < 4.78 is 6.13. The van der Waals surface area contributed by atoms with Gasteiger partial charge < -0.3 is 14.7 Å². The van der Waals surface area contributed by atoms with Crippen LogP contribution in [0.25, 0.3) is 17.5 Å². The van der Waals surface area contributed by atoms with Crippen LogP contribution in [-0.2, 0) is 6.61 Å². The molecule has 136 valence electrons. The molecule has 1 aliphatic heterocycles. The van der Waals surface area contributed by atoms with Crippen molar-refractivity contribution < 1.29 is 4.74 Å². The topological polar surface area (TPSA) is 53.2 Å². The molecule has 1 aliphatic rings. The number of hydrogen-bond donors (Lipinski definition) is 2. The summed E-state index contributed by atoms with van der Waals surface area (Å²) in [4.78, 5) is 11.5. The van der Waals surface area contributed by atoms with Gasteiger partial charge in [-0.2, -0.15) is 0 Å². The van der Waals surface area contributed by atoms with Crippen LogP contribution in [-0.4, -0.2) is 15.7 Å². The monoisotopic (exact) mass is 357 g/mol. The molecule has 4 heteroatoms. The van der Waals surface area contributed by atoms with Gasteiger partial charge >= 0.3 is 0 Å². The van der Waals surface area contributed by atoms with E-state index < -0.39 is 0 Å². The zero-order chi connectivity index (χ0) is 18.6. The zero-order valence-electron chi connectivity index (χ0n) is 15.6. The number of aryl methyl sites for hydroxylation is 1. The SMILES string of the molecule is CCC1=N/C(=C/c2[nH]c(-c3ccc(C)[nH]3)cc2OCc2ccccc2)C=C1. The smallest absolute Gasteiger partial charge is 0.145 e. The molecule has 4 nitrogen and oxygen atoms in total. The molecule has 3 aromatic rings. The predicted molar refractivity (Wildman–Crippen MR) is 111 cm³/mol. The van der Waals surface area contributed by atoms with Crippen LogP contribution in [0.4, 0.5) is 0 Å². The van der Waals surface area contributed by atoms with Gasteiger partial charge in [-0.1, -0.05) is 37.3 Å². The van der Waals surface area contributed by atoms with Gasteiger partial charge in [-0.15, -0.1) is 0 Å². The maximum Gasteiger partial charge on any atom is 0.145 e. The standard InChI is InChI=1S/C23H23N3O/c1-3-18-10-11-19(25-18)13-22-23(27-15-17-7-5-4-6-8-17)14-21(26-22)20-12-9-16(2)24-20/h4-14,24,26H,3,15H2,1-2H3/b19-13+. The Kier molecular flexibility index (Phi) is 4.79. The lowest BCUT2D eigenvalue weighted by Gasteiger charge is -2.05. The van der Waals surface area contributed by atoms with Crippen molar-refractivity contribution in [3.8, 4) is 17.1 Å². The maximum atomic E-state index is 6.13. The Morgan fingerprint density at radius 1 is 1.00 bits per heavy atom. The van der Waals surface area contributed by atoms with Crippen LogP contribution < -0.4 is 4.74 Å². The van der Waals surface area contributed by atoms with E-state index in [2.05, 4.69) is 52.2 Å². The van der Waals surface area contributed by atoms with Gasteiger partial charge in [0.05, 0.1) is 22.8 Å². The van der Waals surface area contributed by atoms with Gasteiger partial charge in [0.2, 0.25) is 0 Å². The second kappa shape index (κ2) is 7.54. The lowest BCUT2D eigenvalue weighted by Crippen LogP contribution is -1.95. The fourth-order valence-corrected chi connectivity index (χ4v) is 3.07. The number of aromatic nitrogens is 2. The Balaban J connectivity index is 1.65.